The fourth-order valence-corrected chi connectivity index (χ4v) is 2.69. The molecule has 0 radical (unpaired) electrons. The van der Waals surface area contributed by atoms with E-state index >= 15 is 0 Å². The van der Waals surface area contributed by atoms with Gasteiger partial charge in [0.05, 0.1) is 19.2 Å². The normalized spacial score (nSPS) is 10.6. The SMILES string of the molecule is COC(=O)Cc1ccc(CNCc2ccnn2C)s1. The minimum Gasteiger partial charge on any atom is -0.469 e. The number of carbonyl (C=O) groups excluding carboxylic acids is 1. The summed E-state index contributed by atoms with van der Waals surface area (Å²) in [7, 11) is 3.34. The minimum absolute atomic E-state index is 0.198. The van der Waals surface area contributed by atoms with E-state index in [9.17, 15) is 4.79 Å². The summed E-state index contributed by atoms with van der Waals surface area (Å²) in [6.45, 7) is 1.57. The van der Waals surface area contributed by atoms with E-state index in [0.717, 1.165) is 23.7 Å². The number of nitrogens with zero attached hydrogens (tertiary/aromatic N) is 2. The standard InChI is InChI=1S/C13H17N3O2S/c1-16-10(5-6-15-16)8-14-9-12-4-3-11(19-12)7-13(17)18-2/h3-6,14H,7-9H2,1-2H3. The van der Waals surface area contributed by atoms with Gasteiger partial charge < -0.3 is 10.1 Å². The first kappa shape index (κ1) is 13.8. The summed E-state index contributed by atoms with van der Waals surface area (Å²) in [5.74, 6) is -0.198. The summed E-state index contributed by atoms with van der Waals surface area (Å²) in [6.07, 6.45) is 2.14. The predicted molar refractivity (Wildman–Crippen MR) is 73.8 cm³/mol. The summed E-state index contributed by atoms with van der Waals surface area (Å²) in [5.41, 5.74) is 1.14. The van der Waals surface area contributed by atoms with Crippen molar-refractivity contribution >= 4 is 17.3 Å². The lowest BCUT2D eigenvalue weighted by Gasteiger charge is -2.03. The number of hydrogen-bond donors (Lipinski definition) is 1. The smallest absolute Gasteiger partial charge is 0.310 e. The van der Waals surface area contributed by atoms with Crippen molar-refractivity contribution in [3.05, 3.63) is 39.8 Å². The maximum Gasteiger partial charge on any atom is 0.310 e. The number of aromatic nitrogens is 2. The molecule has 0 unspecified atom stereocenters. The number of carbonyl (C=O) groups is 1. The van der Waals surface area contributed by atoms with Gasteiger partial charge in [-0.2, -0.15) is 5.10 Å². The quantitative estimate of drug-likeness (QED) is 0.814. The van der Waals surface area contributed by atoms with Crippen molar-refractivity contribution in [2.24, 2.45) is 7.05 Å². The van der Waals surface area contributed by atoms with Crippen molar-refractivity contribution in [1.82, 2.24) is 15.1 Å². The Morgan fingerprint density at radius 2 is 2.16 bits per heavy atom. The summed E-state index contributed by atoms with van der Waals surface area (Å²) in [6, 6.07) is 6.01. The van der Waals surface area contributed by atoms with Crippen LogP contribution in [-0.4, -0.2) is 22.9 Å². The Kier molecular flexibility index (Phi) is 4.70. The number of ether oxygens (including phenoxy) is 1. The summed E-state index contributed by atoms with van der Waals surface area (Å²) < 4.78 is 6.50. The molecule has 0 spiro atoms. The molecule has 2 aromatic heterocycles. The maximum atomic E-state index is 11.2. The fraction of sp³-hybridized carbons (Fsp3) is 0.385. The molecule has 1 N–H and O–H groups in total. The molecule has 0 aliphatic heterocycles. The predicted octanol–water partition coefficient (Wildman–Crippen LogP) is 1.49. The molecule has 0 aromatic carbocycles. The van der Waals surface area contributed by atoms with E-state index in [-0.39, 0.29) is 5.97 Å². The Morgan fingerprint density at radius 3 is 2.84 bits per heavy atom. The molecule has 6 heteroatoms. The molecule has 0 fully saturated rings. The Balaban J connectivity index is 1.80. The Labute approximate surface area is 116 Å². The zero-order valence-corrected chi connectivity index (χ0v) is 11.9. The molecule has 5 nitrogen and oxygen atoms in total. The highest BCUT2D eigenvalue weighted by atomic mass is 32.1. The zero-order chi connectivity index (χ0) is 13.7. The third-order valence-electron chi connectivity index (χ3n) is 2.79. The van der Waals surface area contributed by atoms with Crippen LogP contribution in [0.4, 0.5) is 0 Å². The molecule has 0 bridgehead atoms. The van der Waals surface area contributed by atoms with Gasteiger partial charge >= 0.3 is 5.97 Å². The van der Waals surface area contributed by atoms with Gasteiger partial charge in [0.25, 0.3) is 0 Å². The average molecular weight is 279 g/mol. The van der Waals surface area contributed by atoms with E-state index in [4.69, 9.17) is 0 Å². The molecule has 19 heavy (non-hydrogen) atoms. The van der Waals surface area contributed by atoms with Gasteiger partial charge in [-0.15, -0.1) is 11.3 Å². The number of methoxy groups -OCH3 is 1. The van der Waals surface area contributed by atoms with Crippen LogP contribution >= 0.6 is 11.3 Å². The third-order valence-corrected chi connectivity index (χ3v) is 3.88. The maximum absolute atomic E-state index is 11.2. The van der Waals surface area contributed by atoms with Gasteiger partial charge in [-0.1, -0.05) is 0 Å². The fourth-order valence-electron chi connectivity index (χ4n) is 1.72. The van der Waals surface area contributed by atoms with Crippen LogP contribution in [0.15, 0.2) is 24.4 Å². The van der Waals surface area contributed by atoms with Crippen LogP contribution in [0.1, 0.15) is 15.4 Å². The summed E-state index contributed by atoms with van der Waals surface area (Å²) in [4.78, 5) is 13.4. The second-order valence-electron chi connectivity index (χ2n) is 4.17. The van der Waals surface area contributed by atoms with Gasteiger partial charge in [0.2, 0.25) is 0 Å². The van der Waals surface area contributed by atoms with E-state index in [1.807, 2.05) is 29.9 Å². The van der Waals surface area contributed by atoms with Crippen molar-refractivity contribution in [3.63, 3.8) is 0 Å². The Hall–Kier alpha value is -1.66. The second kappa shape index (κ2) is 6.49. The number of aryl methyl sites for hydroxylation is 1. The third kappa shape index (κ3) is 3.90. The van der Waals surface area contributed by atoms with E-state index in [0.29, 0.717) is 6.42 Å². The van der Waals surface area contributed by atoms with E-state index < -0.39 is 0 Å². The van der Waals surface area contributed by atoms with Crippen LogP contribution < -0.4 is 5.32 Å². The van der Waals surface area contributed by atoms with Crippen molar-refractivity contribution in [3.8, 4) is 0 Å². The first-order valence-corrected chi connectivity index (χ1v) is 6.82. The first-order chi connectivity index (χ1) is 9.19. The van der Waals surface area contributed by atoms with E-state index in [2.05, 4.69) is 15.2 Å². The Bertz CT molecular complexity index is 548. The molecule has 2 aromatic rings. The molecule has 0 saturated heterocycles. The van der Waals surface area contributed by atoms with Gasteiger partial charge in [0, 0.05) is 36.1 Å². The van der Waals surface area contributed by atoms with Gasteiger partial charge in [0.15, 0.2) is 0 Å². The van der Waals surface area contributed by atoms with Crippen molar-refractivity contribution in [2.45, 2.75) is 19.5 Å². The van der Waals surface area contributed by atoms with Crippen LogP contribution in [0.2, 0.25) is 0 Å². The highest BCUT2D eigenvalue weighted by molar-refractivity contribution is 7.12. The molecule has 2 rings (SSSR count). The highest BCUT2D eigenvalue weighted by Gasteiger charge is 2.06. The Morgan fingerprint density at radius 1 is 1.37 bits per heavy atom. The zero-order valence-electron chi connectivity index (χ0n) is 11.0. The average Bonchev–Trinajstić information content (AvgIpc) is 3.00. The number of esters is 1. The van der Waals surface area contributed by atoms with Gasteiger partial charge in [0.1, 0.15) is 0 Å². The molecule has 0 aliphatic carbocycles. The van der Waals surface area contributed by atoms with Crippen LogP contribution in [0.5, 0.6) is 0 Å². The second-order valence-corrected chi connectivity index (χ2v) is 5.42. The first-order valence-electron chi connectivity index (χ1n) is 6.01. The number of thiophene rings is 1. The van der Waals surface area contributed by atoms with Gasteiger partial charge in [-0.3, -0.25) is 9.48 Å². The largest absolute Gasteiger partial charge is 0.469 e. The van der Waals surface area contributed by atoms with Crippen LogP contribution in [0.3, 0.4) is 0 Å². The van der Waals surface area contributed by atoms with Crippen LogP contribution in [0.25, 0.3) is 0 Å². The van der Waals surface area contributed by atoms with Crippen LogP contribution in [0, 0.1) is 0 Å². The molecule has 0 aliphatic rings. The van der Waals surface area contributed by atoms with Crippen molar-refractivity contribution in [1.29, 1.82) is 0 Å². The molecular weight excluding hydrogens is 262 g/mol. The molecule has 0 atom stereocenters. The lowest BCUT2D eigenvalue weighted by molar-refractivity contribution is -0.139. The number of hydrogen-bond acceptors (Lipinski definition) is 5. The van der Waals surface area contributed by atoms with Crippen LogP contribution in [-0.2, 0) is 36.1 Å². The summed E-state index contributed by atoms with van der Waals surface area (Å²) in [5, 5.41) is 7.48. The monoisotopic (exact) mass is 279 g/mol. The van der Waals surface area contributed by atoms with E-state index in [1.54, 1.807) is 17.5 Å². The molecule has 0 saturated carbocycles. The lowest BCUT2D eigenvalue weighted by atomic mass is 10.3. The van der Waals surface area contributed by atoms with Gasteiger partial charge in [-0.05, 0) is 18.2 Å². The number of rotatable bonds is 6. The van der Waals surface area contributed by atoms with Crippen molar-refractivity contribution < 1.29 is 9.53 Å². The molecule has 102 valence electrons. The lowest BCUT2D eigenvalue weighted by Crippen LogP contribution is -2.14. The van der Waals surface area contributed by atoms with E-state index in [1.165, 1.54) is 12.0 Å². The molecule has 0 amide bonds. The van der Waals surface area contributed by atoms with Gasteiger partial charge in [-0.25, -0.2) is 0 Å². The highest BCUT2D eigenvalue weighted by Crippen LogP contribution is 2.17. The van der Waals surface area contributed by atoms with Crippen molar-refractivity contribution in [2.75, 3.05) is 7.11 Å². The molecule has 2 heterocycles. The summed E-state index contributed by atoms with van der Waals surface area (Å²) >= 11 is 1.63. The molecular formula is C13H17N3O2S. The topological polar surface area (TPSA) is 56.1 Å². The number of nitrogens with one attached hydrogen (secondary N) is 1. The minimum atomic E-state index is -0.198.